The summed E-state index contributed by atoms with van der Waals surface area (Å²) in [5, 5.41) is 9.20. The fourth-order valence-corrected chi connectivity index (χ4v) is 1.55. The summed E-state index contributed by atoms with van der Waals surface area (Å²) in [6.45, 7) is 6.31. The first-order chi connectivity index (χ1) is 6.68. The van der Waals surface area contributed by atoms with Gasteiger partial charge in [-0.3, -0.25) is 4.98 Å². The Bertz CT molecular complexity index is 463. The summed E-state index contributed by atoms with van der Waals surface area (Å²) in [4.78, 5) is 4.21. The summed E-state index contributed by atoms with van der Waals surface area (Å²) in [5.74, 6) is 0.467. The second kappa shape index (κ2) is 3.33. The van der Waals surface area contributed by atoms with Crippen molar-refractivity contribution in [2.24, 2.45) is 0 Å². The summed E-state index contributed by atoms with van der Waals surface area (Å²) < 4.78 is 0. The second-order valence-electron chi connectivity index (χ2n) is 3.80. The molecule has 0 saturated heterocycles. The molecular formula is C11H13N3. The van der Waals surface area contributed by atoms with Crippen LogP contribution in [-0.2, 0) is 0 Å². The molecule has 2 heterocycles. The Morgan fingerprint density at radius 2 is 2.00 bits per heavy atom. The first-order valence-electron chi connectivity index (χ1n) is 4.76. The highest BCUT2D eigenvalue weighted by Gasteiger charge is 2.06. The highest BCUT2D eigenvalue weighted by molar-refractivity contribution is 5.81. The van der Waals surface area contributed by atoms with Gasteiger partial charge in [0.15, 0.2) is 0 Å². The zero-order valence-corrected chi connectivity index (χ0v) is 8.65. The molecule has 0 spiro atoms. The third-order valence-corrected chi connectivity index (χ3v) is 2.31. The van der Waals surface area contributed by atoms with Gasteiger partial charge >= 0.3 is 0 Å². The summed E-state index contributed by atoms with van der Waals surface area (Å²) in [5.41, 5.74) is 3.13. The molecule has 0 unspecified atom stereocenters. The van der Waals surface area contributed by atoms with Crippen LogP contribution in [0.5, 0.6) is 0 Å². The molecule has 3 heteroatoms. The monoisotopic (exact) mass is 187 g/mol. The lowest BCUT2D eigenvalue weighted by Gasteiger charge is -2.07. The molecule has 0 aliphatic carbocycles. The van der Waals surface area contributed by atoms with Gasteiger partial charge in [0.1, 0.15) is 5.52 Å². The third-order valence-electron chi connectivity index (χ3n) is 2.31. The van der Waals surface area contributed by atoms with Crippen LogP contribution in [-0.4, -0.2) is 15.2 Å². The van der Waals surface area contributed by atoms with Crippen molar-refractivity contribution in [3.63, 3.8) is 0 Å². The number of rotatable bonds is 1. The van der Waals surface area contributed by atoms with Gasteiger partial charge < -0.3 is 0 Å². The Labute approximate surface area is 83.2 Å². The average Bonchev–Trinajstić information content (AvgIpc) is 2.16. The number of fused-ring (bicyclic) bond motifs is 1. The molecule has 2 aromatic rings. The first-order valence-corrected chi connectivity index (χ1v) is 4.76. The zero-order valence-electron chi connectivity index (χ0n) is 8.65. The van der Waals surface area contributed by atoms with Gasteiger partial charge in [-0.15, -0.1) is 5.10 Å². The van der Waals surface area contributed by atoms with Gasteiger partial charge in [-0.25, -0.2) is 0 Å². The molecular weight excluding hydrogens is 174 g/mol. The minimum Gasteiger partial charge on any atom is -0.259 e. The van der Waals surface area contributed by atoms with E-state index < -0.39 is 0 Å². The van der Waals surface area contributed by atoms with Crippen molar-refractivity contribution in [2.45, 2.75) is 26.7 Å². The minimum atomic E-state index is 0.467. The van der Waals surface area contributed by atoms with Crippen LogP contribution in [0.1, 0.15) is 31.0 Å². The molecule has 2 aromatic heterocycles. The van der Waals surface area contributed by atoms with Gasteiger partial charge in [0, 0.05) is 11.1 Å². The number of hydrogen-bond acceptors (Lipinski definition) is 3. The fraction of sp³-hybridized carbons (Fsp3) is 0.364. The second-order valence-corrected chi connectivity index (χ2v) is 3.80. The topological polar surface area (TPSA) is 38.7 Å². The van der Waals surface area contributed by atoms with E-state index in [4.69, 9.17) is 0 Å². The van der Waals surface area contributed by atoms with E-state index in [1.54, 1.807) is 6.20 Å². The van der Waals surface area contributed by atoms with E-state index in [2.05, 4.69) is 35.1 Å². The molecule has 0 amide bonds. The largest absolute Gasteiger partial charge is 0.259 e. The molecule has 0 bridgehead atoms. The van der Waals surface area contributed by atoms with E-state index in [1.807, 2.05) is 13.1 Å². The van der Waals surface area contributed by atoms with Crippen molar-refractivity contribution >= 4 is 10.9 Å². The quantitative estimate of drug-likeness (QED) is 0.688. The lowest BCUT2D eigenvalue weighted by molar-refractivity contribution is 0.856. The average molecular weight is 187 g/mol. The molecule has 0 fully saturated rings. The Morgan fingerprint density at radius 3 is 2.71 bits per heavy atom. The van der Waals surface area contributed by atoms with Crippen molar-refractivity contribution in [1.29, 1.82) is 0 Å². The van der Waals surface area contributed by atoms with Crippen molar-refractivity contribution in [3.05, 3.63) is 29.7 Å². The lowest BCUT2D eigenvalue weighted by Crippen LogP contribution is -1.95. The van der Waals surface area contributed by atoms with Crippen LogP contribution in [0.3, 0.4) is 0 Å². The fourth-order valence-electron chi connectivity index (χ4n) is 1.55. The van der Waals surface area contributed by atoms with Gasteiger partial charge in [-0.2, -0.15) is 5.10 Å². The summed E-state index contributed by atoms with van der Waals surface area (Å²) in [6.07, 6.45) is 3.62. The molecule has 0 aliphatic rings. The van der Waals surface area contributed by atoms with Crippen molar-refractivity contribution in [2.75, 3.05) is 0 Å². The van der Waals surface area contributed by atoms with Crippen LogP contribution in [0.25, 0.3) is 10.9 Å². The summed E-state index contributed by atoms with van der Waals surface area (Å²) in [7, 11) is 0. The van der Waals surface area contributed by atoms with Gasteiger partial charge in [0.2, 0.25) is 0 Å². The molecule has 0 aromatic carbocycles. The SMILES string of the molecule is Cc1cc2c(C(C)C)cnnc2cn1. The van der Waals surface area contributed by atoms with Crippen molar-refractivity contribution in [1.82, 2.24) is 15.2 Å². The van der Waals surface area contributed by atoms with E-state index in [1.165, 1.54) is 10.9 Å². The Balaban J connectivity index is 2.77. The van der Waals surface area contributed by atoms with E-state index >= 15 is 0 Å². The van der Waals surface area contributed by atoms with Crippen LogP contribution >= 0.6 is 0 Å². The molecule has 0 aliphatic heterocycles. The normalized spacial score (nSPS) is 11.1. The zero-order chi connectivity index (χ0) is 10.1. The molecule has 0 radical (unpaired) electrons. The predicted molar refractivity (Wildman–Crippen MR) is 56.2 cm³/mol. The van der Waals surface area contributed by atoms with Gasteiger partial charge in [-0.05, 0) is 24.5 Å². The van der Waals surface area contributed by atoms with E-state index in [-0.39, 0.29) is 0 Å². The van der Waals surface area contributed by atoms with Crippen LogP contribution in [0.4, 0.5) is 0 Å². The van der Waals surface area contributed by atoms with Crippen molar-refractivity contribution < 1.29 is 0 Å². The predicted octanol–water partition coefficient (Wildman–Crippen LogP) is 2.46. The number of pyridine rings is 1. The maximum atomic E-state index is 4.21. The highest BCUT2D eigenvalue weighted by Crippen LogP contribution is 2.22. The third kappa shape index (κ3) is 1.45. The Kier molecular flexibility index (Phi) is 2.15. The Morgan fingerprint density at radius 1 is 1.21 bits per heavy atom. The van der Waals surface area contributed by atoms with Gasteiger partial charge in [0.05, 0.1) is 12.4 Å². The van der Waals surface area contributed by atoms with Crippen LogP contribution in [0.15, 0.2) is 18.5 Å². The molecule has 14 heavy (non-hydrogen) atoms. The highest BCUT2D eigenvalue weighted by atomic mass is 15.1. The summed E-state index contributed by atoms with van der Waals surface area (Å²) >= 11 is 0. The standard InChI is InChI=1S/C11H13N3/c1-7(2)10-5-13-14-11-6-12-8(3)4-9(10)11/h4-7H,1-3H3. The van der Waals surface area contributed by atoms with E-state index in [0.29, 0.717) is 5.92 Å². The maximum Gasteiger partial charge on any atom is 0.112 e. The number of nitrogens with zero attached hydrogens (tertiary/aromatic N) is 3. The maximum absolute atomic E-state index is 4.21. The number of aromatic nitrogens is 3. The van der Waals surface area contributed by atoms with Crippen molar-refractivity contribution in [3.8, 4) is 0 Å². The molecule has 3 nitrogen and oxygen atoms in total. The van der Waals surface area contributed by atoms with E-state index in [0.717, 1.165) is 11.2 Å². The lowest BCUT2D eigenvalue weighted by atomic mass is 10.0. The first kappa shape index (κ1) is 9.06. The minimum absolute atomic E-state index is 0.467. The molecule has 0 saturated carbocycles. The number of aryl methyl sites for hydroxylation is 1. The molecule has 72 valence electrons. The molecule has 2 rings (SSSR count). The number of hydrogen-bond donors (Lipinski definition) is 0. The molecule has 0 N–H and O–H groups in total. The van der Waals surface area contributed by atoms with Gasteiger partial charge in [0.25, 0.3) is 0 Å². The van der Waals surface area contributed by atoms with Gasteiger partial charge in [-0.1, -0.05) is 13.8 Å². The van der Waals surface area contributed by atoms with E-state index in [9.17, 15) is 0 Å². The summed E-state index contributed by atoms with van der Waals surface area (Å²) in [6, 6.07) is 2.07. The van der Waals surface area contributed by atoms with Crippen LogP contribution in [0.2, 0.25) is 0 Å². The smallest absolute Gasteiger partial charge is 0.112 e. The van der Waals surface area contributed by atoms with Crippen LogP contribution < -0.4 is 0 Å². The Hall–Kier alpha value is -1.51. The molecule has 0 atom stereocenters. The van der Waals surface area contributed by atoms with Crippen LogP contribution in [0, 0.1) is 6.92 Å².